The minimum absolute atomic E-state index is 0.0911. The molecule has 2 saturated heterocycles. The number of nitrogens with one attached hydrogen (secondary N) is 2. The van der Waals surface area contributed by atoms with E-state index in [0.29, 0.717) is 17.9 Å². The van der Waals surface area contributed by atoms with Crippen LogP contribution in [0.25, 0.3) is 0 Å². The van der Waals surface area contributed by atoms with Crippen molar-refractivity contribution < 1.29 is 31.6 Å². The maximum absolute atomic E-state index is 12.4. The first-order valence-electron chi connectivity index (χ1n) is 9.00. The van der Waals surface area contributed by atoms with Crippen LogP contribution in [0.4, 0.5) is 4.79 Å². The van der Waals surface area contributed by atoms with Crippen LogP contribution in [0.2, 0.25) is 0 Å². The molecule has 2 fully saturated rings. The van der Waals surface area contributed by atoms with Crippen molar-refractivity contribution in [3.8, 4) is 0 Å². The molecule has 0 aliphatic carbocycles. The lowest BCUT2D eigenvalue weighted by molar-refractivity contribution is -0.133. The third-order valence-electron chi connectivity index (χ3n) is 4.80. The molecule has 2 unspecified atom stereocenters. The smallest absolute Gasteiger partial charge is 0.309 e. The van der Waals surface area contributed by atoms with E-state index >= 15 is 0 Å². The molecule has 154 valence electrons. The van der Waals surface area contributed by atoms with Gasteiger partial charge in [-0.3, -0.25) is 25.0 Å². The Labute approximate surface area is 158 Å². The van der Waals surface area contributed by atoms with Crippen molar-refractivity contribution in [2.75, 3.05) is 6.54 Å². The zero-order chi connectivity index (χ0) is 20.2. The number of fused-ring (bicyclic) bond motifs is 2. The fourth-order valence-corrected chi connectivity index (χ4v) is 3.65. The third-order valence-corrected chi connectivity index (χ3v) is 5.15. The Morgan fingerprint density at radius 3 is 2.63 bits per heavy atom. The molecule has 2 heterocycles. The lowest BCUT2D eigenvalue weighted by Gasteiger charge is -2.29. The van der Waals surface area contributed by atoms with Crippen LogP contribution in [0.15, 0.2) is 0 Å². The molecule has 2 rings (SSSR count). The number of piperidine rings is 1. The van der Waals surface area contributed by atoms with Gasteiger partial charge in [0.2, 0.25) is 5.91 Å². The minimum Gasteiger partial charge on any atom is -0.309 e. The van der Waals surface area contributed by atoms with Gasteiger partial charge in [-0.2, -0.15) is 13.5 Å². The van der Waals surface area contributed by atoms with E-state index in [1.807, 2.05) is 0 Å². The summed E-state index contributed by atoms with van der Waals surface area (Å²) in [5.74, 6) is -1.12. The molecule has 27 heavy (non-hydrogen) atoms. The van der Waals surface area contributed by atoms with Crippen LogP contribution in [-0.2, 0) is 24.3 Å². The van der Waals surface area contributed by atoms with Gasteiger partial charge in [-0.1, -0.05) is 33.1 Å². The van der Waals surface area contributed by atoms with E-state index in [0.717, 1.165) is 24.2 Å². The summed E-state index contributed by atoms with van der Waals surface area (Å²) >= 11 is 0. The predicted octanol–water partition coefficient (Wildman–Crippen LogP) is 0.353. The van der Waals surface area contributed by atoms with E-state index in [9.17, 15) is 22.8 Å². The average molecular weight is 406 g/mol. The van der Waals surface area contributed by atoms with Gasteiger partial charge < -0.3 is 4.90 Å². The van der Waals surface area contributed by atoms with Crippen LogP contribution in [0, 0.1) is 5.92 Å². The van der Waals surface area contributed by atoms with E-state index < -0.39 is 34.4 Å². The maximum Gasteiger partial charge on any atom is 0.418 e. The normalized spacial score (nSPS) is 23.3. The molecule has 0 spiro atoms. The summed E-state index contributed by atoms with van der Waals surface area (Å²) in [5, 5.41) is 0.566. The van der Waals surface area contributed by atoms with Gasteiger partial charge in [0.1, 0.15) is 6.04 Å². The number of hydrogen-bond acceptors (Lipinski definition) is 6. The quantitative estimate of drug-likeness (QED) is 0.300. The van der Waals surface area contributed by atoms with E-state index in [1.165, 1.54) is 0 Å². The van der Waals surface area contributed by atoms with E-state index in [4.69, 9.17) is 4.55 Å². The highest BCUT2D eigenvalue weighted by Gasteiger charge is 2.49. The number of urea groups is 1. The first kappa shape index (κ1) is 21.4. The van der Waals surface area contributed by atoms with E-state index in [1.54, 1.807) is 6.92 Å². The fraction of sp³-hybridized carbons (Fsp3) is 0.800. The van der Waals surface area contributed by atoms with Gasteiger partial charge in [0.25, 0.3) is 5.91 Å². The number of hydroxylamine groups is 2. The second kappa shape index (κ2) is 8.85. The Balaban J connectivity index is 1.87. The van der Waals surface area contributed by atoms with Crippen molar-refractivity contribution in [2.24, 2.45) is 5.92 Å². The number of carbonyl (C=O) groups is 3. The van der Waals surface area contributed by atoms with Gasteiger partial charge in [-0.15, -0.1) is 4.28 Å². The topological polar surface area (TPSA) is 145 Å². The zero-order valence-electron chi connectivity index (χ0n) is 15.4. The number of rotatable bonds is 8. The van der Waals surface area contributed by atoms with Crippen molar-refractivity contribution in [1.29, 1.82) is 0 Å². The van der Waals surface area contributed by atoms with Crippen LogP contribution in [0.1, 0.15) is 52.4 Å². The summed E-state index contributed by atoms with van der Waals surface area (Å²) in [7, 11) is -4.84. The zero-order valence-corrected chi connectivity index (χ0v) is 16.2. The van der Waals surface area contributed by atoms with Crippen LogP contribution in [0.3, 0.4) is 0 Å². The number of carbonyl (C=O) groups excluding carboxylic acids is 3. The summed E-state index contributed by atoms with van der Waals surface area (Å²) < 4.78 is 34.8. The first-order valence-corrected chi connectivity index (χ1v) is 10.4. The highest BCUT2D eigenvalue weighted by molar-refractivity contribution is 7.80. The molecule has 0 radical (unpaired) electrons. The first-order chi connectivity index (χ1) is 12.6. The van der Waals surface area contributed by atoms with Crippen molar-refractivity contribution in [3.05, 3.63) is 0 Å². The van der Waals surface area contributed by atoms with Crippen LogP contribution in [0.5, 0.6) is 0 Å². The monoisotopic (exact) mass is 406 g/mol. The minimum atomic E-state index is -4.84. The number of amides is 4. The number of unbranched alkanes of at least 4 members (excludes halogenated alkanes) is 2. The van der Waals surface area contributed by atoms with Crippen molar-refractivity contribution in [1.82, 2.24) is 20.8 Å². The Morgan fingerprint density at radius 2 is 2.00 bits per heavy atom. The van der Waals surface area contributed by atoms with E-state index in [2.05, 4.69) is 22.1 Å². The summed E-state index contributed by atoms with van der Waals surface area (Å²) in [5.41, 5.74) is 4.70. The van der Waals surface area contributed by atoms with E-state index in [-0.39, 0.29) is 24.8 Å². The molecule has 2 aliphatic heterocycles. The summed E-state index contributed by atoms with van der Waals surface area (Å²) in [4.78, 5) is 37.8. The van der Waals surface area contributed by atoms with Crippen LogP contribution in [-0.4, -0.2) is 59.4 Å². The SMILES string of the molecule is CCCCCC(C)C(=O)NNC(=O)[C@@H]1CCC2CN1C(=O)N2OS(=O)(=O)O. The molecular weight excluding hydrogens is 380 g/mol. The Bertz CT molecular complexity index is 684. The predicted molar refractivity (Wildman–Crippen MR) is 93.0 cm³/mol. The second-order valence-corrected chi connectivity index (χ2v) is 7.89. The van der Waals surface area contributed by atoms with Gasteiger partial charge in [0.15, 0.2) is 0 Å². The average Bonchev–Trinajstić information content (AvgIpc) is 2.83. The van der Waals surface area contributed by atoms with Gasteiger partial charge >= 0.3 is 16.4 Å². The number of hydrazine groups is 1. The fourth-order valence-electron chi connectivity index (χ4n) is 3.27. The molecular formula is C15H26N4O7S. The molecule has 0 aromatic heterocycles. The van der Waals surface area contributed by atoms with Gasteiger partial charge in [-0.25, -0.2) is 4.79 Å². The third kappa shape index (κ3) is 5.53. The molecule has 4 amide bonds. The van der Waals surface area contributed by atoms with Crippen LogP contribution < -0.4 is 10.9 Å². The summed E-state index contributed by atoms with van der Waals surface area (Å²) in [6.45, 7) is 3.94. The molecule has 0 saturated carbocycles. The molecule has 11 nitrogen and oxygen atoms in total. The second-order valence-electron chi connectivity index (χ2n) is 6.89. The van der Waals surface area contributed by atoms with Gasteiger partial charge in [-0.05, 0) is 19.3 Å². The standard InChI is InChI=1S/C15H26N4O7S/c1-3-4-5-6-10(2)13(20)16-17-14(21)12-8-7-11-9-18(12)15(22)19(11)26-27(23,24)25/h10-12H,3-9H2,1-2H3,(H,16,20)(H,17,21)(H,23,24,25)/t10?,11?,12-/m0/s1. The number of hydrogen-bond donors (Lipinski definition) is 3. The van der Waals surface area contributed by atoms with Crippen molar-refractivity contribution in [2.45, 2.75) is 64.5 Å². The Kier molecular flexibility index (Phi) is 7.00. The molecule has 0 aromatic carbocycles. The van der Waals surface area contributed by atoms with Crippen molar-refractivity contribution in [3.63, 3.8) is 0 Å². The molecule has 0 aromatic rings. The molecule has 2 bridgehead atoms. The molecule has 12 heteroatoms. The Morgan fingerprint density at radius 1 is 1.30 bits per heavy atom. The number of nitrogens with zero attached hydrogens (tertiary/aromatic N) is 2. The molecule has 3 N–H and O–H groups in total. The Hall–Kier alpha value is -1.92. The lowest BCUT2D eigenvalue weighted by atomic mass is 10.0. The summed E-state index contributed by atoms with van der Waals surface area (Å²) in [6.07, 6.45) is 4.32. The molecule has 3 atom stereocenters. The highest BCUT2D eigenvalue weighted by Crippen LogP contribution is 2.30. The highest BCUT2D eigenvalue weighted by atomic mass is 32.3. The summed E-state index contributed by atoms with van der Waals surface area (Å²) in [6, 6.07) is -2.26. The lowest BCUT2D eigenvalue weighted by Crippen LogP contribution is -2.54. The van der Waals surface area contributed by atoms with Gasteiger partial charge in [0, 0.05) is 12.5 Å². The van der Waals surface area contributed by atoms with Crippen LogP contribution >= 0.6 is 0 Å². The van der Waals surface area contributed by atoms with Crippen molar-refractivity contribution >= 4 is 28.2 Å². The van der Waals surface area contributed by atoms with Gasteiger partial charge in [0.05, 0.1) is 6.04 Å². The largest absolute Gasteiger partial charge is 0.418 e. The maximum atomic E-state index is 12.4. The molecule has 2 aliphatic rings.